The number of nitrogens with zero attached hydrogens (tertiary/aromatic N) is 3. The Hall–Kier alpha value is -1.69. The number of guanidine groups is 1. The van der Waals surface area contributed by atoms with E-state index in [0.717, 1.165) is 11.8 Å². The molecule has 6 nitrogen and oxygen atoms in total. The highest BCUT2D eigenvalue weighted by Crippen LogP contribution is 2.51. The number of ether oxygens (including phenoxy) is 1. The molecule has 102 valence electrons. The van der Waals surface area contributed by atoms with Crippen molar-refractivity contribution >= 4 is 17.5 Å². The predicted octanol–water partition coefficient (Wildman–Crippen LogP) is 1.35. The van der Waals surface area contributed by atoms with Gasteiger partial charge in [-0.25, -0.2) is 4.99 Å². The Labute approximate surface area is 112 Å². The zero-order chi connectivity index (χ0) is 13.3. The van der Waals surface area contributed by atoms with Crippen molar-refractivity contribution in [2.75, 3.05) is 24.3 Å². The molecule has 19 heavy (non-hydrogen) atoms. The standard InChI is InChI=1S/C13H19N5O/c1-6-7(2)18-8-5-15-11(14-3)9(8)10-12(19-10)17(4)13(18)16-6/h5-7,10,12,14-15H,1-4H3. The third-order valence-corrected chi connectivity index (χ3v) is 4.50. The summed E-state index contributed by atoms with van der Waals surface area (Å²) in [6.07, 6.45) is 2.32. The largest absolute Gasteiger partial charge is 0.374 e. The van der Waals surface area contributed by atoms with Crippen LogP contribution in [0.2, 0.25) is 0 Å². The summed E-state index contributed by atoms with van der Waals surface area (Å²) in [6, 6.07) is 0.669. The summed E-state index contributed by atoms with van der Waals surface area (Å²) >= 11 is 0. The van der Waals surface area contributed by atoms with Crippen molar-refractivity contribution in [2.24, 2.45) is 4.99 Å². The fourth-order valence-corrected chi connectivity index (χ4v) is 3.18. The molecule has 3 aliphatic heterocycles. The molecule has 4 unspecified atom stereocenters. The minimum atomic E-state index is 0.114. The van der Waals surface area contributed by atoms with Gasteiger partial charge < -0.3 is 24.8 Å². The van der Waals surface area contributed by atoms with Crippen LogP contribution in [0.15, 0.2) is 11.2 Å². The lowest BCUT2D eigenvalue weighted by Crippen LogP contribution is -2.44. The lowest BCUT2D eigenvalue weighted by molar-refractivity contribution is 0.281. The maximum absolute atomic E-state index is 5.83. The number of epoxide rings is 1. The molecule has 1 aromatic rings. The monoisotopic (exact) mass is 261 g/mol. The number of aromatic amines is 1. The van der Waals surface area contributed by atoms with Crippen molar-refractivity contribution in [1.29, 1.82) is 0 Å². The van der Waals surface area contributed by atoms with Gasteiger partial charge in [0.15, 0.2) is 6.23 Å². The molecule has 0 amide bonds. The van der Waals surface area contributed by atoms with Gasteiger partial charge in [-0.3, -0.25) is 0 Å². The number of likely N-dealkylation sites (N-methyl/N-ethyl adjacent to an activating group) is 1. The molecule has 3 aliphatic rings. The zero-order valence-electron chi connectivity index (χ0n) is 11.6. The van der Waals surface area contributed by atoms with E-state index in [-0.39, 0.29) is 12.3 Å². The molecule has 4 heterocycles. The van der Waals surface area contributed by atoms with E-state index >= 15 is 0 Å². The van der Waals surface area contributed by atoms with Crippen LogP contribution < -0.4 is 10.2 Å². The minimum absolute atomic E-state index is 0.114. The van der Waals surface area contributed by atoms with Gasteiger partial charge >= 0.3 is 0 Å². The van der Waals surface area contributed by atoms with Gasteiger partial charge in [0.05, 0.1) is 23.3 Å². The zero-order valence-corrected chi connectivity index (χ0v) is 11.6. The van der Waals surface area contributed by atoms with E-state index in [1.807, 2.05) is 7.05 Å². The Morgan fingerprint density at radius 2 is 2.21 bits per heavy atom. The molecule has 0 bridgehead atoms. The maximum Gasteiger partial charge on any atom is 0.203 e. The fraction of sp³-hybridized carbons (Fsp3) is 0.615. The number of fused-ring (bicyclic) bond motifs is 5. The summed E-state index contributed by atoms with van der Waals surface area (Å²) in [6.45, 7) is 4.39. The van der Waals surface area contributed by atoms with Gasteiger partial charge in [-0.15, -0.1) is 0 Å². The molecule has 0 aromatic carbocycles. The topological polar surface area (TPSA) is 59.2 Å². The number of anilines is 2. The van der Waals surface area contributed by atoms with Crippen LogP contribution in [0.3, 0.4) is 0 Å². The summed E-state index contributed by atoms with van der Waals surface area (Å²) in [5, 5.41) is 3.22. The summed E-state index contributed by atoms with van der Waals surface area (Å²) in [5.41, 5.74) is 2.42. The second-order valence-corrected chi connectivity index (χ2v) is 5.55. The van der Waals surface area contributed by atoms with Crippen LogP contribution >= 0.6 is 0 Å². The van der Waals surface area contributed by atoms with Crippen molar-refractivity contribution in [1.82, 2.24) is 9.88 Å². The van der Waals surface area contributed by atoms with Crippen molar-refractivity contribution < 1.29 is 4.74 Å². The van der Waals surface area contributed by atoms with E-state index in [9.17, 15) is 0 Å². The third kappa shape index (κ3) is 1.27. The smallest absolute Gasteiger partial charge is 0.203 e. The van der Waals surface area contributed by atoms with Crippen molar-refractivity contribution in [3.8, 4) is 0 Å². The first kappa shape index (κ1) is 11.2. The highest BCUT2D eigenvalue weighted by atomic mass is 16.6. The third-order valence-electron chi connectivity index (χ3n) is 4.50. The first-order valence-corrected chi connectivity index (χ1v) is 6.78. The van der Waals surface area contributed by atoms with Crippen LogP contribution in [0, 0.1) is 0 Å². The number of rotatable bonds is 1. The normalized spacial score (nSPS) is 35.3. The van der Waals surface area contributed by atoms with Crippen LogP contribution in [0.1, 0.15) is 25.5 Å². The molecule has 1 saturated heterocycles. The molecular weight excluding hydrogens is 242 g/mol. The SMILES string of the molecule is CNc1[nH]cc2c1C1OC1N(C)C1=NC(C)C(C)N12. The van der Waals surface area contributed by atoms with Gasteiger partial charge in [0.25, 0.3) is 0 Å². The average Bonchev–Trinajstić information content (AvgIpc) is 3.01. The minimum Gasteiger partial charge on any atom is -0.374 e. The summed E-state index contributed by atoms with van der Waals surface area (Å²) < 4.78 is 5.83. The quantitative estimate of drug-likeness (QED) is 0.749. The first-order valence-electron chi connectivity index (χ1n) is 6.78. The Balaban J connectivity index is 1.90. The van der Waals surface area contributed by atoms with Crippen LogP contribution in [-0.4, -0.2) is 48.3 Å². The van der Waals surface area contributed by atoms with Crippen LogP contribution in [-0.2, 0) is 4.74 Å². The Morgan fingerprint density at radius 1 is 1.42 bits per heavy atom. The summed E-state index contributed by atoms with van der Waals surface area (Å²) in [5.74, 6) is 2.07. The molecule has 4 atom stereocenters. The van der Waals surface area contributed by atoms with Crippen LogP contribution in [0.25, 0.3) is 0 Å². The van der Waals surface area contributed by atoms with E-state index in [1.165, 1.54) is 11.3 Å². The molecule has 0 spiro atoms. The Morgan fingerprint density at radius 3 is 2.95 bits per heavy atom. The van der Waals surface area contributed by atoms with E-state index in [0.29, 0.717) is 12.1 Å². The second kappa shape index (κ2) is 3.45. The molecule has 0 radical (unpaired) electrons. The van der Waals surface area contributed by atoms with Crippen molar-refractivity contribution in [3.05, 3.63) is 11.8 Å². The van der Waals surface area contributed by atoms with Gasteiger partial charge in [0.2, 0.25) is 5.96 Å². The number of aliphatic imine (C=N–C) groups is 1. The molecule has 6 heteroatoms. The van der Waals surface area contributed by atoms with E-state index in [2.05, 4.69) is 47.2 Å². The van der Waals surface area contributed by atoms with Gasteiger partial charge in [-0.05, 0) is 13.8 Å². The summed E-state index contributed by atoms with van der Waals surface area (Å²) in [4.78, 5) is 12.6. The van der Waals surface area contributed by atoms with Crippen LogP contribution in [0.5, 0.6) is 0 Å². The van der Waals surface area contributed by atoms with Crippen LogP contribution in [0.4, 0.5) is 11.5 Å². The molecule has 0 saturated carbocycles. The second-order valence-electron chi connectivity index (χ2n) is 5.55. The molecule has 2 N–H and O–H groups in total. The number of hydrogen-bond donors (Lipinski definition) is 2. The Bertz CT molecular complexity index is 565. The number of H-pyrrole nitrogens is 1. The van der Waals surface area contributed by atoms with E-state index in [1.54, 1.807) is 0 Å². The lowest BCUT2D eigenvalue weighted by atomic mass is 10.1. The highest BCUT2D eigenvalue weighted by Gasteiger charge is 2.53. The fourth-order valence-electron chi connectivity index (χ4n) is 3.18. The number of hydrogen-bond acceptors (Lipinski definition) is 5. The highest BCUT2D eigenvalue weighted by molar-refractivity contribution is 6.01. The van der Waals surface area contributed by atoms with Gasteiger partial charge in [0, 0.05) is 20.3 Å². The van der Waals surface area contributed by atoms with E-state index < -0.39 is 0 Å². The van der Waals surface area contributed by atoms with Gasteiger partial charge in [-0.2, -0.15) is 0 Å². The molecule has 4 rings (SSSR count). The van der Waals surface area contributed by atoms with Gasteiger partial charge in [-0.1, -0.05) is 0 Å². The average molecular weight is 261 g/mol. The maximum atomic E-state index is 5.83. The molecule has 1 aromatic heterocycles. The first-order chi connectivity index (χ1) is 9.13. The number of nitrogens with one attached hydrogen (secondary N) is 2. The van der Waals surface area contributed by atoms with E-state index in [4.69, 9.17) is 9.73 Å². The molecule has 0 aliphatic carbocycles. The Kier molecular flexibility index (Phi) is 2.02. The molecule has 1 fully saturated rings. The molecular formula is C13H19N5O. The summed E-state index contributed by atoms with van der Waals surface area (Å²) in [7, 11) is 4.00. The lowest BCUT2D eigenvalue weighted by Gasteiger charge is -2.29. The predicted molar refractivity (Wildman–Crippen MR) is 74.6 cm³/mol. The van der Waals surface area contributed by atoms with Crippen molar-refractivity contribution in [3.63, 3.8) is 0 Å². The van der Waals surface area contributed by atoms with Crippen molar-refractivity contribution in [2.45, 2.75) is 38.3 Å². The number of aromatic nitrogens is 1. The van der Waals surface area contributed by atoms with Gasteiger partial charge in [0.1, 0.15) is 11.9 Å².